The van der Waals surface area contributed by atoms with E-state index in [1.165, 1.54) is 37.5 Å². The minimum absolute atomic E-state index is 0.0681. The van der Waals surface area contributed by atoms with Gasteiger partial charge >= 0.3 is 0 Å². The van der Waals surface area contributed by atoms with Crippen molar-refractivity contribution in [2.45, 2.75) is 51.0 Å². The van der Waals surface area contributed by atoms with Gasteiger partial charge in [-0.05, 0) is 43.4 Å². The van der Waals surface area contributed by atoms with Crippen molar-refractivity contribution in [2.75, 3.05) is 6.54 Å². The first kappa shape index (κ1) is 19.3. The fourth-order valence-corrected chi connectivity index (χ4v) is 4.34. The molecule has 8 heteroatoms. The van der Waals surface area contributed by atoms with E-state index in [1.807, 2.05) is 0 Å². The van der Waals surface area contributed by atoms with Crippen LogP contribution in [0.1, 0.15) is 76.0 Å². The summed E-state index contributed by atoms with van der Waals surface area (Å²) in [6, 6.07) is 3.38. The second-order valence-corrected chi connectivity index (χ2v) is 7.92. The Hall–Kier alpha value is -3.03. The molecule has 0 bridgehead atoms. The molecule has 3 aliphatic rings. The lowest BCUT2D eigenvalue weighted by molar-refractivity contribution is -0.136. The molecule has 5 amide bonds. The quantitative estimate of drug-likeness (QED) is 0.746. The normalized spacial score (nSPS) is 22.5. The van der Waals surface area contributed by atoms with Crippen molar-refractivity contribution in [1.29, 1.82) is 0 Å². The number of piperidine rings is 1. The molecule has 1 saturated carbocycles. The Kier molecular flexibility index (Phi) is 5.17. The van der Waals surface area contributed by atoms with Crippen LogP contribution in [0, 0.1) is 5.92 Å². The minimum atomic E-state index is -1.01. The van der Waals surface area contributed by atoms with Crippen LogP contribution in [0.15, 0.2) is 18.2 Å². The first-order valence-corrected chi connectivity index (χ1v) is 10.1. The van der Waals surface area contributed by atoms with Crippen molar-refractivity contribution >= 4 is 29.5 Å². The Morgan fingerprint density at radius 1 is 1.00 bits per heavy atom. The number of rotatable bonds is 4. The zero-order valence-electron chi connectivity index (χ0n) is 16.0. The van der Waals surface area contributed by atoms with Gasteiger partial charge in [-0.1, -0.05) is 19.3 Å². The van der Waals surface area contributed by atoms with Gasteiger partial charge in [0.05, 0.1) is 11.1 Å². The molecule has 1 unspecified atom stereocenters. The van der Waals surface area contributed by atoms with Gasteiger partial charge in [0.2, 0.25) is 11.8 Å². The summed E-state index contributed by atoms with van der Waals surface area (Å²) in [5.74, 6) is -2.05. The molecule has 2 fully saturated rings. The van der Waals surface area contributed by atoms with Gasteiger partial charge in [0.15, 0.2) is 0 Å². The number of fused-ring (bicyclic) bond motifs is 1. The van der Waals surface area contributed by atoms with Crippen LogP contribution < -0.4 is 10.6 Å². The van der Waals surface area contributed by atoms with Gasteiger partial charge < -0.3 is 5.32 Å². The van der Waals surface area contributed by atoms with E-state index in [0.29, 0.717) is 18.0 Å². The molecule has 0 radical (unpaired) electrons. The number of imide groups is 2. The van der Waals surface area contributed by atoms with E-state index in [-0.39, 0.29) is 29.9 Å². The molecule has 2 aliphatic heterocycles. The lowest BCUT2D eigenvalue weighted by Gasteiger charge is -2.27. The maximum absolute atomic E-state index is 12.8. The summed E-state index contributed by atoms with van der Waals surface area (Å²) in [5, 5.41) is 5.09. The van der Waals surface area contributed by atoms with Crippen LogP contribution in [0.5, 0.6) is 0 Å². The van der Waals surface area contributed by atoms with Gasteiger partial charge in [-0.25, -0.2) is 0 Å². The predicted octanol–water partition coefficient (Wildman–Crippen LogP) is 1.40. The summed E-state index contributed by atoms with van der Waals surface area (Å²) in [4.78, 5) is 62.4. The number of carbonyl (C=O) groups is 5. The molecule has 4 rings (SSSR count). The molecule has 1 aromatic carbocycles. The van der Waals surface area contributed by atoms with Crippen molar-refractivity contribution in [3.8, 4) is 0 Å². The van der Waals surface area contributed by atoms with Crippen LogP contribution in [-0.4, -0.2) is 47.0 Å². The van der Waals surface area contributed by atoms with Crippen molar-refractivity contribution in [2.24, 2.45) is 5.92 Å². The van der Waals surface area contributed by atoms with E-state index in [0.717, 1.165) is 17.7 Å². The van der Waals surface area contributed by atoms with Crippen LogP contribution in [0.3, 0.4) is 0 Å². The lowest BCUT2D eigenvalue weighted by Crippen LogP contribution is -2.54. The fraction of sp³-hybridized carbons (Fsp3) is 0.476. The minimum Gasteiger partial charge on any atom is -0.352 e. The highest BCUT2D eigenvalue weighted by Crippen LogP contribution is 2.28. The zero-order valence-corrected chi connectivity index (χ0v) is 16.0. The topological polar surface area (TPSA) is 113 Å². The number of carbonyl (C=O) groups excluding carboxylic acids is 5. The third-order valence-corrected chi connectivity index (χ3v) is 5.98. The fourth-order valence-electron chi connectivity index (χ4n) is 4.34. The lowest BCUT2D eigenvalue weighted by atomic mass is 9.89. The second-order valence-electron chi connectivity index (χ2n) is 7.92. The highest BCUT2D eigenvalue weighted by molar-refractivity contribution is 6.24. The SMILES string of the molecule is O=C1CCC(N2C(=O)c3ccc(C(=O)NCC4CCCCC4)cc3C2=O)C(=O)N1. The van der Waals surface area contributed by atoms with Crippen molar-refractivity contribution in [3.05, 3.63) is 34.9 Å². The molecule has 2 N–H and O–H groups in total. The summed E-state index contributed by atoms with van der Waals surface area (Å²) < 4.78 is 0. The molecule has 8 nitrogen and oxygen atoms in total. The van der Waals surface area contributed by atoms with Gasteiger partial charge in [-0.3, -0.25) is 34.2 Å². The number of hydrogen-bond acceptors (Lipinski definition) is 5. The van der Waals surface area contributed by atoms with Crippen LogP contribution in [0.25, 0.3) is 0 Å². The summed E-state index contributed by atoms with van der Waals surface area (Å²) in [6.45, 7) is 0.602. The summed E-state index contributed by atoms with van der Waals surface area (Å²) in [5.41, 5.74) is 0.597. The molecule has 0 spiro atoms. The largest absolute Gasteiger partial charge is 0.352 e. The average Bonchev–Trinajstić information content (AvgIpc) is 2.97. The average molecular weight is 397 g/mol. The van der Waals surface area contributed by atoms with E-state index in [1.54, 1.807) is 0 Å². The van der Waals surface area contributed by atoms with E-state index < -0.39 is 29.7 Å². The van der Waals surface area contributed by atoms with E-state index >= 15 is 0 Å². The first-order chi connectivity index (χ1) is 14.0. The van der Waals surface area contributed by atoms with Crippen molar-refractivity contribution in [3.63, 3.8) is 0 Å². The third-order valence-electron chi connectivity index (χ3n) is 5.98. The second kappa shape index (κ2) is 7.77. The number of hydrogen-bond donors (Lipinski definition) is 2. The van der Waals surface area contributed by atoms with E-state index in [9.17, 15) is 24.0 Å². The van der Waals surface area contributed by atoms with Gasteiger partial charge in [-0.2, -0.15) is 0 Å². The Morgan fingerprint density at radius 2 is 1.72 bits per heavy atom. The Labute approximate surface area is 168 Å². The number of amides is 5. The van der Waals surface area contributed by atoms with Crippen molar-refractivity contribution in [1.82, 2.24) is 15.5 Å². The van der Waals surface area contributed by atoms with E-state index in [4.69, 9.17) is 0 Å². The van der Waals surface area contributed by atoms with Crippen LogP contribution in [0.4, 0.5) is 0 Å². The molecule has 152 valence electrons. The Bertz CT molecular complexity index is 904. The molecule has 1 aliphatic carbocycles. The molecule has 0 aromatic heterocycles. The summed E-state index contributed by atoms with van der Waals surface area (Å²) in [6.07, 6.45) is 6.01. The molecule has 1 atom stereocenters. The van der Waals surface area contributed by atoms with Gasteiger partial charge in [0.1, 0.15) is 6.04 Å². The molecular formula is C21H23N3O5. The highest BCUT2D eigenvalue weighted by Gasteiger charge is 2.44. The van der Waals surface area contributed by atoms with Gasteiger partial charge in [-0.15, -0.1) is 0 Å². The summed E-state index contributed by atoms with van der Waals surface area (Å²) >= 11 is 0. The Balaban J connectivity index is 1.48. The zero-order chi connectivity index (χ0) is 20.5. The molecule has 1 aromatic rings. The predicted molar refractivity (Wildman–Crippen MR) is 102 cm³/mol. The number of nitrogens with zero attached hydrogens (tertiary/aromatic N) is 1. The maximum Gasteiger partial charge on any atom is 0.262 e. The number of benzene rings is 1. The molecular weight excluding hydrogens is 374 g/mol. The standard InChI is InChI=1S/C21H23N3O5/c25-17-9-8-16(19(27)23-17)24-20(28)14-7-6-13(10-15(14)21(24)29)18(26)22-11-12-4-2-1-3-5-12/h6-7,10,12,16H,1-5,8-9,11H2,(H,22,26)(H,23,25,27). The molecule has 2 heterocycles. The molecule has 1 saturated heterocycles. The third kappa shape index (κ3) is 3.66. The molecule has 29 heavy (non-hydrogen) atoms. The monoisotopic (exact) mass is 397 g/mol. The first-order valence-electron chi connectivity index (χ1n) is 10.1. The number of nitrogens with one attached hydrogen (secondary N) is 2. The van der Waals surface area contributed by atoms with Crippen LogP contribution in [0.2, 0.25) is 0 Å². The summed E-state index contributed by atoms with van der Waals surface area (Å²) in [7, 11) is 0. The Morgan fingerprint density at radius 3 is 2.45 bits per heavy atom. The van der Waals surface area contributed by atoms with Gasteiger partial charge in [0, 0.05) is 18.5 Å². The maximum atomic E-state index is 12.8. The highest BCUT2D eigenvalue weighted by atomic mass is 16.2. The van der Waals surface area contributed by atoms with Gasteiger partial charge in [0.25, 0.3) is 17.7 Å². The van der Waals surface area contributed by atoms with Crippen LogP contribution in [-0.2, 0) is 9.59 Å². The smallest absolute Gasteiger partial charge is 0.262 e. The van der Waals surface area contributed by atoms with Crippen molar-refractivity contribution < 1.29 is 24.0 Å². The van der Waals surface area contributed by atoms with E-state index in [2.05, 4.69) is 10.6 Å². The van der Waals surface area contributed by atoms with Crippen LogP contribution >= 0.6 is 0 Å².